The van der Waals surface area contributed by atoms with E-state index in [9.17, 15) is 8.78 Å². The zero-order valence-corrected chi connectivity index (χ0v) is 14.3. The molecule has 0 aromatic heterocycles. The Balaban J connectivity index is 1.89. The fourth-order valence-corrected chi connectivity index (χ4v) is 2.48. The van der Waals surface area contributed by atoms with Gasteiger partial charge in [0.15, 0.2) is 0 Å². The molecule has 0 aliphatic rings. The summed E-state index contributed by atoms with van der Waals surface area (Å²) >= 11 is 0. The van der Waals surface area contributed by atoms with Crippen LogP contribution in [0.5, 0.6) is 11.5 Å². The van der Waals surface area contributed by atoms with Gasteiger partial charge < -0.3 is 9.47 Å². The van der Waals surface area contributed by atoms with Gasteiger partial charge in [-0.1, -0.05) is 45.0 Å². The molecule has 0 saturated carbocycles. The van der Waals surface area contributed by atoms with Gasteiger partial charge in [0, 0.05) is 0 Å². The molecule has 0 fully saturated rings. The molecule has 0 radical (unpaired) electrons. The molecule has 0 bridgehead atoms. The highest BCUT2D eigenvalue weighted by molar-refractivity contribution is 5.31. The van der Waals surface area contributed by atoms with Crippen molar-refractivity contribution in [2.45, 2.75) is 45.6 Å². The van der Waals surface area contributed by atoms with Gasteiger partial charge in [-0.15, -0.1) is 0 Å². The summed E-state index contributed by atoms with van der Waals surface area (Å²) in [6.45, 7) is 4.12. The molecule has 0 amide bonds. The smallest absolute Gasteiger partial charge is 0.387 e. The second-order valence-corrected chi connectivity index (χ2v) is 6.22. The average molecular weight is 334 g/mol. The van der Waals surface area contributed by atoms with Crippen LogP contribution in [0.1, 0.15) is 50.2 Å². The predicted octanol–water partition coefficient (Wildman–Crippen LogP) is 5.98. The monoisotopic (exact) mass is 334 g/mol. The molecule has 1 atom stereocenters. The lowest BCUT2D eigenvalue weighted by Crippen LogP contribution is -2.05. The molecule has 0 spiro atoms. The summed E-state index contributed by atoms with van der Waals surface area (Å²) < 4.78 is 34.9. The van der Waals surface area contributed by atoms with Crippen LogP contribution in [-0.4, -0.2) is 13.2 Å². The molecule has 2 aromatic carbocycles. The van der Waals surface area contributed by atoms with Crippen molar-refractivity contribution in [2.24, 2.45) is 0 Å². The second-order valence-electron chi connectivity index (χ2n) is 6.22. The van der Waals surface area contributed by atoms with Gasteiger partial charge in [0.2, 0.25) is 0 Å². The first-order valence-corrected chi connectivity index (χ1v) is 8.23. The molecular formula is C20H24F2O2. The van der Waals surface area contributed by atoms with E-state index in [0.717, 1.165) is 17.7 Å². The summed E-state index contributed by atoms with van der Waals surface area (Å²) in [6.07, 6.45) is 0.796. The molecule has 0 aliphatic carbocycles. The highest BCUT2D eigenvalue weighted by Crippen LogP contribution is 2.25. The zero-order valence-electron chi connectivity index (χ0n) is 14.3. The third kappa shape index (κ3) is 5.52. The highest BCUT2D eigenvalue weighted by Gasteiger charge is 2.10. The summed E-state index contributed by atoms with van der Waals surface area (Å²) in [5.74, 6) is 1.72. The van der Waals surface area contributed by atoms with Gasteiger partial charge in [0.05, 0.1) is 6.61 Å². The third-order valence-electron chi connectivity index (χ3n) is 4.00. The second kappa shape index (κ2) is 8.67. The number of alkyl halides is 2. The van der Waals surface area contributed by atoms with Crippen LogP contribution < -0.4 is 9.47 Å². The van der Waals surface area contributed by atoms with E-state index in [1.165, 1.54) is 11.6 Å². The molecule has 130 valence electrons. The topological polar surface area (TPSA) is 18.5 Å². The lowest BCUT2D eigenvalue weighted by atomic mass is 9.98. The van der Waals surface area contributed by atoms with Crippen molar-refractivity contribution in [2.75, 3.05) is 6.61 Å². The van der Waals surface area contributed by atoms with Crippen molar-refractivity contribution in [3.05, 3.63) is 59.7 Å². The first-order chi connectivity index (χ1) is 11.5. The predicted molar refractivity (Wildman–Crippen MR) is 92.1 cm³/mol. The molecule has 1 unspecified atom stereocenters. The molecule has 24 heavy (non-hydrogen) atoms. The minimum Gasteiger partial charge on any atom is -0.494 e. The normalized spacial score (nSPS) is 12.5. The number of rotatable bonds is 8. The summed E-state index contributed by atoms with van der Waals surface area (Å²) in [6, 6.07) is 15.0. The van der Waals surface area contributed by atoms with Crippen LogP contribution in [0.2, 0.25) is 0 Å². The van der Waals surface area contributed by atoms with Crippen molar-refractivity contribution < 1.29 is 18.3 Å². The van der Waals surface area contributed by atoms with E-state index in [0.29, 0.717) is 12.5 Å². The maximum absolute atomic E-state index is 12.3. The summed E-state index contributed by atoms with van der Waals surface area (Å²) in [5.41, 5.74) is 2.21. The molecule has 4 heteroatoms. The van der Waals surface area contributed by atoms with E-state index in [1.807, 2.05) is 18.2 Å². The number of ether oxygens (including phenoxy) is 2. The van der Waals surface area contributed by atoms with Gasteiger partial charge in [-0.2, -0.15) is 8.78 Å². The van der Waals surface area contributed by atoms with Crippen LogP contribution in [0.4, 0.5) is 8.78 Å². The number of benzene rings is 2. The number of hydrogen-bond acceptors (Lipinski definition) is 2. The van der Waals surface area contributed by atoms with Crippen LogP contribution >= 0.6 is 0 Å². The molecule has 2 rings (SSSR count). The Hall–Kier alpha value is -2.10. The number of halogens is 2. The van der Waals surface area contributed by atoms with E-state index in [-0.39, 0.29) is 11.7 Å². The Morgan fingerprint density at radius 1 is 0.875 bits per heavy atom. The Bertz CT molecular complexity index is 641. The summed E-state index contributed by atoms with van der Waals surface area (Å²) in [7, 11) is 0. The van der Waals surface area contributed by atoms with E-state index < -0.39 is 6.61 Å². The lowest BCUT2D eigenvalue weighted by molar-refractivity contribution is -0.0499. The van der Waals surface area contributed by atoms with Crippen LogP contribution in [0, 0.1) is 0 Å². The van der Waals surface area contributed by atoms with Gasteiger partial charge in [-0.05, 0) is 53.6 Å². The van der Waals surface area contributed by atoms with Gasteiger partial charge in [0.1, 0.15) is 11.5 Å². The van der Waals surface area contributed by atoms with Crippen LogP contribution in [0.3, 0.4) is 0 Å². The fourth-order valence-electron chi connectivity index (χ4n) is 2.48. The van der Waals surface area contributed by atoms with Crippen LogP contribution in [0.25, 0.3) is 0 Å². The van der Waals surface area contributed by atoms with Crippen molar-refractivity contribution >= 4 is 0 Å². The zero-order chi connectivity index (χ0) is 17.5. The summed E-state index contributed by atoms with van der Waals surface area (Å²) in [4.78, 5) is 0. The van der Waals surface area contributed by atoms with Crippen molar-refractivity contribution in [1.82, 2.24) is 0 Å². The molecule has 0 N–H and O–H groups in total. The van der Waals surface area contributed by atoms with E-state index >= 15 is 0 Å². The Morgan fingerprint density at radius 3 is 2.17 bits per heavy atom. The largest absolute Gasteiger partial charge is 0.494 e. The van der Waals surface area contributed by atoms with Gasteiger partial charge in [0.25, 0.3) is 0 Å². The SMILES string of the molecule is CC(C)c1cccc(OCCC(C)c2cccc(OC(F)F)c2)c1. The van der Waals surface area contributed by atoms with Gasteiger partial charge in [-0.25, -0.2) is 0 Å². The molecule has 2 nitrogen and oxygen atoms in total. The Morgan fingerprint density at radius 2 is 1.50 bits per heavy atom. The molecule has 0 aliphatic heterocycles. The maximum atomic E-state index is 12.3. The van der Waals surface area contributed by atoms with E-state index in [4.69, 9.17) is 4.74 Å². The Kier molecular flexibility index (Phi) is 6.59. The molecule has 2 aromatic rings. The minimum absolute atomic E-state index is 0.194. The van der Waals surface area contributed by atoms with Crippen LogP contribution in [0.15, 0.2) is 48.5 Å². The molecule has 0 saturated heterocycles. The molecular weight excluding hydrogens is 310 g/mol. The van der Waals surface area contributed by atoms with Gasteiger partial charge in [-0.3, -0.25) is 0 Å². The van der Waals surface area contributed by atoms with E-state index in [1.54, 1.807) is 12.1 Å². The molecule has 0 heterocycles. The standard InChI is InChI=1S/C20H24F2O2/c1-14(2)16-6-4-8-18(12-16)23-11-10-15(3)17-7-5-9-19(13-17)24-20(21)22/h4-9,12-15,20H,10-11H2,1-3H3. The lowest BCUT2D eigenvalue weighted by Gasteiger charge is -2.15. The van der Waals surface area contributed by atoms with Crippen LogP contribution in [-0.2, 0) is 0 Å². The fraction of sp³-hybridized carbons (Fsp3) is 0.400. The number of hydrogen-bond donors (Lipinski definition) is 0. The first-order valence-electron chi connectivity index (χ1n) is 8.23. The third-order valence-corrected chi connectivity index (χ3v) is 4.00. The highest BCUT2D eigenvalue weighted by atomic mass is 19.3. The van der Waals surface area contributed by atoms with E-state index in [2.05, 4.69) is 37.6 Å². The van der Waals surface area contributed by atoms with Crippen molar-refractivity contribution in [3.63, 3.8) is 0 Å². The average Bonchev–Trinajstić information content (AvgIpc) is 2.54. The first kappa shape index (κ1) is 18.2. The van der Waals surface area contributed by atoms with Crippen molar-refractivity contribution in [1.29, 1.82) is 0 Å². The minimum atomic E-state index is -2.80. The quantitative estimate of drug-likeness (QED) is 0.591. The van der Waals surface area contributed by atoms with Gasteiger partial charge >= 0.3 is 6.61 Å². The maximum Gasteiger partial charge on any atom is 0.387 e. The summed E-state index contributed by atoms with van der Waals surface area (Å²) in [5, 5.41) is 0. The Labute approximate surface area is 142 Å². The van der Waals surface area contributed by atoms with Crippen molar-refractivity contribution in [3.8, 4) is 11.5 Å².